The molecule has 1 rings (SSSR count). The second-order valence-corrected chi connectivity index (χ2v) is 6.79. The van der Waals surface area contributed by atoms with Crippen LogP contribution in [0.1, 0.15) is 30.8 Å². The van der Waals surface area contributed by atoms with Crippen molar-refractivity contribution < 1.29 is 23.1 Å². The van der Waals surface area contributed by atoms with E-state index in [0.29, 0.717) is 0 Å². The molecule has 0 aliphatic carbocycles. The zero-order valence-corrected chi connectivity index (χ0v) is 12.2. The van der Waals surface area contributed by atoms with Gasteiger partial charge in [0.25, 0.3) is 0 Å². The molecular weight excluding hydrogens is 286 g/mol. The van der Waals surface area contributed by atoms with Crippen LogP contribution >= 0.6 is 0 Å². The van der Waals surface area contributed by atoms with Crippen LogP contribution in [0.4, 0.5) is 0 Å². The second kappa shape index (κ2) is 5.25. The van der Waals surface area contributed by atoms with Crippen LogP contribution < -0.4 is 10.5 Å². The number of carboxylic acids is 1. The number of primary amides is 1. The molecule has 1 aromatic rings. The van der Waals surface area contributed by atoms with Crippen molar-refractivity contribution in [1.82, 2.24) is 9.29 Å². The lowest BCUT2D eigenvalue weighted by atomic mass is 10.0. The fourth-order valence-electron chi connectivity index (χ4n) is 1.79. The molecule has 0 spiro atoms. The fourth-order valence-corrected chi connectivity index (χ4v) is 3.27. The minimum absolute atomic E-state index is 0.155. The predicted molar refractivity (Wildman–Crippen MR) is 70.6 cm³/mol. The van der Waals surface area contributed by atoms with Gasteiger partial charge in [0.2, 0.25) is 15.9 Å². The zero-order valence-electron chi connectivity index (χ0n) is 11.4. The van der Waals surface area contributed by atoms with E-state index in [0.717, 1.165) is 6.07 Å². The van der Waals surface area contributed by atoms with E-state index >= 15 is 0 Å². The molecule has 0 unspecified atom stereocenters. The van der Waals surface area contributed by atoms with Gasteiger partial charge in [-0.15, -0.1) is 0 Å². The van der Waals surface area contributed by atoms with E-state index in [2.05, 4.69) is 4.72 Å². The van der Waals surface area contributed by atoms with E-state index in [-0.39, 0.29) is 17.0 Å². The van der Waals surface area contributed by atoms with Gasteiger partial charge in [-0.2, -0.15) is 0 Å². The maximum absolute atomic E-state index is 12.1. The molecular formula is C11H17N3O5S. The standard InChI is InChI=1S/C11H17N3O5S/c1-11(2,5-9(12)15)13-20(18,19)7-4-8(10(16)17)14(3)6-7/h4,6,13H,5H2,1-3H3,(H2,12,15)(H,16,17). The fraction of sp³-hybridized carbons (Fsp3) is 0.455. The van der Waals surface area contributed by atoms with Crippen LogP contribution in [0.5, 0.6) is 0 Å². The molecule has 0 aliphatic rings. The van der Waals surface area contributed by atoms with Gasteiger partial charge in [-0.1, -0.05) is 0 Å². The average molecular weight is 303 g/mol. The predicted octanol–water partition coefficient (Wildman–Crippen LogP) is -0.344. The van der Waals surface area contributed by atoms with E-state index in [4.69, 9.17) is 10.8 Å². The highest BCUT2D eigenvalue weighted by molar-refractivity contribution is 7.89. The molecule has 0 saturated carbocycles. The Kier molecular flexibility index (Phi) is 4.25. The van der Waals surface area contributed by atoms with E-state index in [9.17, 15) is 18.0 Å². The first-order valence-electron chi connectivity index (χ1n) is 5.66. The third-order valence-corrected chi connectivity index (χ3v) is 4.20. The number of carboxylic acid groups (broad SMARTS) is 1. The van der Waals surface area contributed by atoms with Crippen LogP contribution in [0.15, 0.2) is 17.2 Å². The van der Waals surface area contributed by atoms with Crippen molar-refractivity contribution in [3.05, 3.63) is 18.0 Å². The highest BCUT2D eigenvalue weighted by Crippen LogP contribution is 2.17. The molecule has 0 bridgehead atoms. The molecule has 0 saturated heterocycles. The molecule has 0 aromatic carbocycles. The number of amides is 1. The summed E-state index contributed by atoms with van der Waals surface area (Å²) in [4.78, 5) is 21.6. The Morgan fingerprint density at radius 3 is 2.40 bits per heavy atom. The van der Waals surface area contributed by atoms with E-state index < -0.39 is 27.4 Å². The smallest absolute Gasteiger partial charge is 0.352 e. The van der Waals surface area contributed by atoms with Crippen molar-refractivity contribution >= 4 is 21.9 Å². The third kappa shape index (κ3) is 3.81. The van der Waals surface area contributed by atoms with Gasteiger partial charge >= 0.3 is 5.97 Å². The molecule has 112 valence electrons. The Labute approximate surface area is 116 Å². The highest BCUT2D eigenvalue weighted by Gasteiger charge is 2.29. The van der Waals surface area contributed by atoms with Crippen LogP contribution in [-0.2, 0) is 21.9 Å². The monoisotopic (exact) mass is 303 g/mol. The van der Waals surface area contributed by atoms with Gasteiger partial charge in [0.15, 0.2) is 0 Å². The average Bonchev–Trinajstić information content (AvgIpc) is 2.56. The molecule has 0 atom stereocenters. The summed E-state index contributed by atoms with van der Waals surface area (Å²) >= 11 is 0. The van der Waals surface area contributed by atoms with Crippen LogP contribution in [0.25, 0.3) is 0 Å². The van der Waals surface area contributed by atoms with Crippen LogP contribution in [0.2, 0.25) is 0 Å². The molecule has 0 radical (unpaired) electrons. The lowest BCUT2D eigenvalue weighted by molar-refractivity contribution is -0.119. The number of nitrogens with zero attached hydrogens (tertiary/aromatic N) is 1. The second-order valence-electron chi connectivity index (χ2n) is 5.11. The molecule has 8 nitrogen and oxygen atoms in total. The van der Waals surface area contributed by atoms with Gasteiger partial charge in [0.1, 0.15) is 10.6 Å². The topological polar surface area (TPSA) is 131 Å². The Balaban J connectivity index is 3.09. The SMILES string of the molecule is Cn1cc(S(=O)(=O)NC(C)(C)CC(N)=O)cc1C(=O)O. The zero-order chi connectivity index (χ0) is 15.7. The van der Waals surface area contributed by atoms with Crippen molar-refractivity contribution in [2.24, 2.45) is 12.8 Å². The van der Waals surface area contributed by atoms with Gasteiger partial charge in [0.05, 0.1) is 0 Å². The van der Waals surface area contributed by atoms with E-state index in [1.165, 1.54) is 31.7 Å². The minimum Gasteiger partial charge on any atom is -0.477 e. The van der Waals surface area contributed by atoms with Crippen molar-refractivity contribution in [2.75, 3.05) is 0 Å². The summed E-state index contributed by atoms with van der Waals surface area (Å²) in [5.41, 5.74) is 3.83. The third-order valence-electron chi connectivity index (χ3n) is 2.54. The van der Waals surface area contributed by atoms with Crippen molar-refractivity contribution in [2.45, 2.75) is 30.7 Å². The van der Waals surface area contributed by atoms with Gasteiger partial charge in [-0.25, -0.2) is 17.9 Å². The number of hydrogen-bond acceptors (Lipinski definition) is 4. The lowest BCUT2D eigenvalue weighted by Crippen LogP contribution is -2.45. The number of carbonyl (C=O) groups is 2. The molecule has 9 heteroatoms. The highest BCUT2D eigenvalue weighted by atomic mass is 32.2. The largest absolute Gasteiger partial charge is 0.477 e. The van der Waals surface area contributed by atoms with Gasteiger partial charge in [-0.3, -0.25) is 4.79 Å². The number of hydrogen-bond donors (Lipinski definition) is 3. The summed E-state index contributed by atoms with van der Waals surface area (Å²) in [5.74, 6) is -1.87. The molecule has 20 heavy (non-hydrogen) atoms. The lowest BCUT2D eigenvalue weighted by Gasteiger charge is -2.23. The summed E-state index contributed by atoms with van der Waals surface area (Å²) in [6, 6.07) is 1.05. The van der Waals surface area contributed by atoms with Crippen molar-refractivity contribution in [1.29, 1.82) is 0 Å². The van der Waals surface area contributed by atoms with Gasteiger partial charge in [0, 0.05) is 25.2 Å². The Bertz CT molecular complexity index is 645. The molecule has 1 aromatic heterocycles. The van der Waals surface area contributed by atoms with E-state index in [1.54, 1.807) is 0 Å². The Hall–Kier alpha value is -1.87. The summed E-state index contributed by atoms with van der Waals surface area (Å²) in [6.07, 6.45) is 1.01. The van der Waals surface area contributed by atoms with Gasteiger partial charge in [-0.05, 0) is 19.9 Å². The number of carbonyl (C=O) groups excluding carboxylic acids is 1. The van der Waals surface area contributed by atoms with Crippen LogP contribution in [0, 0.1) is 0 Å². The number of aromatic nitrogens is 1. The van der Waals surface area contributed by atoms with Crippen LogP contribution in [0.3, 0.4) is 0 Å². The minimum atomic E-state index is -3.94. The summed E-state index contributed by atoms with van der Waals surface area (Å²) in [5, 5.41) is 8.90. The number of nitrogens with two attached hydrogens (primary N) is 1. The van der Waals surface area contributed by atoms with E-state index in [1.807, 2.05) is 0 Å². The Morgan fingerprint density at radius 1 is 1.45 bits per heavy atom. The first-order chi connectivity index (χ1) is 8.94. The number of sulfonamides is 1. The number of nitrogens with one attached hydrogen (secondary N) is 1. The summed E-state index contributed by atoms with van der Waals surface area (Å²) in [7, 11) is -2.51. The molecule has 1 heterocycles. The molecule has 0 aliphatic heterocycles. The number of aromatic carboxylic acids is 1. The van der Waals surface area contributed by atoms with Crippen molar-refractivity contribution in [3.63, 3.8) is 0 Å². The maximum atomic E-state index is 12.1. The number of aryl methyl sites for hydroxylation is 1. The normalized spacial score (nSPS) is 12.3. The first kappa shape index (κ1) is 16.2. The quantitative estimate of drug-likeness (QED) is 0.661. The van der Waals surface area contributed by atoms with Gasteiger partial charge < -0.3 is 15.4 Å². The maximum Gasteiger partial charge on any atom is 0.352 e. The molecule has 0 fully saturated rings. The van der Waals surface area contributed by atoms with Crippen LogP contribution in [-0.4, -0.2) is 35.5 Å². The summed E-state index contributed by atoms with van der Waals surface area (Å²) in [6.45, 7) is 3.02. The molecule has 4 N–H and O–H groups in total. The molecule has 1 amide bonds. The van der Waals surface area contributed by atoms with Crippen molar-refractivity contribution in [3.8, 4) is 0 Å². The number of rotatable bonds is 6. The first-order valence-corrected chi connectivity index (χ1v) is 7.15. The Morgan fingerprint density at radius 2 is 2.00 bits per heavy atom. The summed E-state index contributed by atoms with van der Waals surface area (Å²) < 4.78 is 27.8.